The third-order valence-corrected chi connectivity index (χ3v) is 4.04. The fourth-order valence-corrected chi connectivity index (χ4v) is 2.76. The van der Waals surface area contributed by atoms with E-state index in [1.165, 1.54) is 16.8 Å². The maximum absolute atomic E-state index is 12.3. The molecule has 0 radical (unpaired) electrons. The second kappa shape index (κ2) is 7.82. The summed E-state index contributed by atoms with van der Waals surface area (Å²) in [6.45, 7) is 10.6. The van der Waals surface area contributed by atoms with E-state index in [0.29, 0.717) is 6.54 Å². The van der Waals surface area contributed by atoms with Crippen molar-refractivity contribution in [1.29, 1.82) is 0 Å². The number of benzene rings is 2. The Morgan fingerprint density at radius 1 is 1.04 bits per heavy atom. The Bertz CT molecular complexity index is 679. The molecule has 2 aromatic rings. The van der Waals surface area contributed by atoms with Gasteiger partial charge < -0.3 is 10.2 Å². The molecule has 0 atom stereocenters. The zero-order valence-electron chi connectivity index (χ0n) is 14.5. The molecule has 0 fully saturated rings. The summed E-state index contributed by atoms with van der Waals surface area (Å²) in [6, 6.07) is 14.4. The first kappa shape index (κ1) is 17.1. The second-order valence-electron chi connectivity index (χ2n) is 5.99. The van der Waals surface area contributed by atoms with Gasteiger partial charge in [0.25, 0.3) is 5.91 Å². The van der Waals surface area contributed by atoms with Gasteiger partial charge in [0.2, 0.25) is 0 Å². The number of carbonyl (C=O) groups is 1. The van der Waals surface area contributed by atoms with E-state index in [1.807, 2.05) is 32.0 Å². The lowest BCUT2D eigenvalue weighted by atomic mass is 10.1. The van der Waals surface area contributed by atoms with E-state index in [9.17, 15) is 4.79 Å². The summed E-state index contributed by atoms with van der Waals surface area (Å²) in [5.74, 6) is 0.00259. The minimum atomic E-state index is 0.00259. The number of aryl methyl sites for hydroxylation is 3. The van der Waals surface area contributed by atoms with Gasteiger partial charge in [0.05, 0.1) is 0 Å². The van der Waals surface area contributed by atoms with Crippen LogP contribution in [0.2, 0.25) is 0 Å². The maximum atomic E-state index is 12.3. The Morgan fingerprint density at radius 2 is 1.78 bits per heavy atom. The molecule has 0 aliphatic heterocycles. The summed E-state index contributed by atoms with van der Waals surface area (Å²) in [7, 11) is 0. The predicted octanol–water partition coefficient (Wildman–Crippen LogP) is 3.87. The Morgan fingerprint density at radius 3 is 2.43 bits per heavy atom. The highest BCUT2D eigenvalue weighted by Gasteiger charge is 2.09. The van der Waals surface area contributed by atoms with Gasteiger partial charge in [-0.05, 0) is 57.0 Å². The van der Waals surface area contributed by atoms with Crippen LogP contribution in [0.25, 0.3) is 0 Å². The van der Waals surface area contributed by atoms with E-state index in [4.69, 9.17) is 0 Å². The minimum Gasteiger partial charge on any atom is -0.370 e. The Balaban J connectivity index is 1.93. The van der Waals surface area contributed by atoms with Crippen LogP contribution >= 0.6 is 0 Å². The van der Waals surface area contributed by atoms with Gasteiger partial charge in [-0.2, -0.15) is 0 Å². The molecule has 0 saturated carbocycles. The van der Waals surface area contributed by atoms with E-state index in [0.717, 1.165) is 24.2 Å². The van der Waals surface area contributed by atoms with Crippen LogP contribution in [-0.2, 0) is 0 Å². The van der Waals surface area contributed by atoms with Crippen LogP contribution in [-0.4, -0.2) is 25.5 Å². The summed E-state index contributed by atoms with van der Waals surface area (Å²) < 4.78 is 0. The number of carbonyl (C=O) groups excluding carboxylic acids is 1. The summed E-state index contributed by atoms with van der Waals surface area (Å²) in [4.78, 5) is 14.6. The van der Waals surface area contributed by atoms with Gasteiger partial charge in [-0.15, -0.1) is 0 Å². The predicted molar refractivity (Wildman–Crippen MR) is 97.3 cm³/mol. The molecule has 23 heavy (non-hydrogen) atoms. The van der Waals surface area contributed by atoms with Crippen LogP contribution in [0, 0.1) is 20.8 Å². The SMILES string of the molecule is CCN(CCNC(=O)c1ccc(C)cc1C)c1cccc(C)c1. The molecule has 3 heteroatoms. The highest BCUT2D eigenvalue weighted by atomic mass is 16.1. The average molecular weight is 310 g/mol. The number of anilines is 1. The van der Waals surface area contributed by atoms with Crippen molar-refractivity contribution >= 4 is 11.6 Å². The van der Waals surface area contributed by atoms with Crippen LogP contribution in [0.3, 0.4) is 0 Å². The first-order valence-electron chi connectivity index (χ1n) is 8.18. The molecule has 2 aromatic carbocycles. The fraction of sp³-hybridized carbons (Fsp3) is 0.350. The molecule has 0 aliphatic rings. The van der Waals surface area contributed by atoms with Crippen LogP contribution in [0.5, 0.6) is 0 Å². The number of likely N-dealkylation sites (N-methyl/N-ethyl adjacent to an activating group) is 1. The topological polar surface area (TPSA) is 32.3 Å². The molecule has 0 saturated heterocycles. The quantitative estimate of drug-likeness (QED) is 0.878. The van der Waals surface area contributed by atoms with E-state index >= 15 is 0 Å². The summed E-state index contributed by atoms with van der Waals surface area (Å²) in [6.07, 6.45) is 0. The molecule has 3 nitrogen and oxygen atoms in total. The lowest BCUT2D eigenvalue weighted by Gasteiger charge is -2.23. The summed E-state index contributed by atoms with van der Waals surface area (Å²) in [5, 5.41) is 3.03. The molecule has 0 bridgehead atoms. The molecule has 0 spiro atoms. The van der Waals surface area contributed by atoms with Crippen LogP contribution in [0.4, 0.5) is 5.69 Å². The van der Waals surface area contributed by atoms with Crippen LogP contribution in [0.1, 0.15) is 34.0 Å². The van der Waals surface area contributed by atoms with E-state index < -0.39 is 0 Å². The van der Waals surface area contributed by atoms with Gasteiger partial charge in [0, 0.05) is 30.9 Å². The number of hydrogen-bond acceptors (Lipinski definition) is 2. The lowest BCUT2D eigenvalue weighted by Crippen LogP contribution is -2.35. The Hall–Kier alpha value is -2.29. The molecule has 0 unspecified atom stereocenters. The van der Waals surface area contributed by atoms with Gasteiger partial charge in [-0.3, -0.25) is 4.79 Å². The highest BCUT2D eigenvalue weighted by Crippen LogP contribution is 2.15. The standard InChI is InChI=1S/C20H26N2O/c1-5-22(18-8-6-7-15(2)14-18)12-11-21-20(23)19-10-9-16(3)13-17(19)4/h6-10,13-14H,5,11-12H2,1-4H3,(H,21,23). The number of nitrogens with one attached hydrogen (secondary N) is 1. The van der Waals surface area contributed by atoms with Gasteiger partial charge in [0.15, 0.2) is 0 Å². The molecule has 2 rings (SSSR count). The molecular weight excluding hydrogens is 284 g/mol. The van der Waals surface area contributed by atoms with Crippen molar-refractivity contribution in [2.45, 2.75) is 27.7 Å². The fourth-order valence-electron chi connectivity index (χ4n) is 2.76. The molecule has 122 valence electrons. The van der Waals surface area contributed by atoms with Gasteiger partial charge in [0.1, 0.15) is 0 Å². The van der Waals surface area contributed by atoms with Gasteiger partial charge in [-0.1, -0.05) is 29.8 Å². The van der Waals surface area contributed by atoms with Crippen molar-refractivity contribution in [3.8, 4) is 0 Å². The Labute approximate surface area is 139 Å². The molecule has 1 N–H and O–H groups in total. The van der Waals surface area contributed by atoms with E-state index in [1.54, 1.807) is 0 Å². The van der Waals surface area contributed by atoms with Gasteiger partial charge >= 0.3 is 0 Å². The maximum Gasteiger partial charge on any atom is 0.251 e. The minimum absolute atomic E-state index is 0.00259. The van der Waals surface area contributed by atoms with Gasteiger partial charge in [-0.25, -0.2) is 0 Å². The van der Waals surface area contributed by atoms with Crippen molar-refractivity contribution in [3.05, 3.63) is 64.7 Å². The summed E-state index contributed by atoms with van der Waals surface area (Å²) >= 11 is 0. The summed E-state index contributed by atoms with van der Waals surface area (Å²) in [5.41, 5.74) is 5.41. The van der Waals surface area contributed by atoms with Crippen molar-refractivity contribution in [2.75, 3.05) is 24.5 Å². The van der Waals surface area contributed by atoms with Crippen LogP contribution in [0.15, 0.2) is 42.5 Å². The molecule has 0 aliphatic carbocycles. The number of nitrogens with zero attached hydrogens (tertiary/aromatic N) is 1. The first-order chi connectivity index (χ1) is 11.0. The normalized spacial score (nSPS) is 10.4. The first-order valence-corrected chi connectivity index (χ1v) is 8.18. The second-order valence-corrected chi connectivity index (χ2v) is 5.99. The van der Waals surface area contributed by atoms with E-state index in [-0.39, 0.29) is 5.91 Å². The largest absolute Gasteiger partial charge is 0.370 e. The zero-order chi connectivity index (χ0) is 16.8. The monoisotopic (exact) mass is 310 g/mol. The van der Waals surface area contributed by atoms with Crippen molar-refractivity contribution in [3.63, 3.8) is 0 Å². The Kier molecular flexibility index (Phi) is 5.80. The molecular formula is C20H26N2O. The molecule has 0 aromatic heterocycles. The average Bonchev–Trinajstić information content (AvgIpc) is 2.51. The third kappa shape index (κ3) is 4.59. The highest BCUT2D eigenvalue weighted by molar-refractivity contribution is 5.95. The smallest absolute Gasteiger partial charge is 0.251 e. The number of hydrogen-bond donors (Lipinski definition) is 1. The number of rotatable bonds is 6. The van der Waals surface area contributed by atoms with Crippen LogP contribution < -0.4 is 10.2 Å². The number of amides is 1. The van der Waals surface area contributed by atoms with Crippen molar-refractivity contribution in [2.24, 2.45) is 0 Å². The molecule has 0 heterocycles. The molecule has 1 amide bonds. The zero-order valence-corrected chi connectivity index (χ0v) is 14.5. The van der Waals surface area contributed by atoms with Crippen molar-refractivity contribution < 1.29 is 4.79 Å². The van der Waals surface area contributed by atoms with E-state index in [2.05, 4.69) is 48.3 Å². The van der Waals surface area contributed by atoms with Crippen molar-refractivity contribution in [1.82, 2.24) is 5.32 Å². The third-order valence-electron chi connectivity index (χ3n) is 4.04. The lowest BCUT2D eigenvalue weighted by molar-refractivity contribution is 0.0954.